The van der Waals surface area contributed by atoms with E-state index in [-0.39, 0.29) is 0 Å². The van der Waals surface area contributed by atoms with E-state index in [0.29, 0.717) is 5.54 Å². The molecule has 19 heavy (non-hydrogen) atoms. The number of piperazine rings is 1. The molecule has 2 rings (SSSR count). The number of hydrogen-bond acceptors (Lipinski definition) is 3. The van der Waals surface area contributed by atoms with Gasteiger partial charge in [0, 0.05) is 44.0 Å². The predicted molar refractivity (Wildman–Crippen MR) is 82.3 cm³/mol. The van der Waals surface area contributed by atoms with Gasteiger partial charge in [-0.25, -0.2) is 0 Å². The number of nitrogens with two attached hydrogens (primary N) is 1. The van der Waals surface area contributed by atoms with Crippen LogP contribution in [0.2, 0.25) is 0 Å². The average Bonchev–Trinajstić information content (AvgIpc) is 2.37. The van der Waals surface area contributed by atoms with Crippen LogP contribution in [0.3, 0.4) is 0 Å². The summed E-state index contributed by atoms with van der Waals surface area (Å²) < 4.78 is 0. The minimum Gasteiger partial charge on any atom is -0.399 e. The lowest BCUT2D eigenvalue weighted by atomic mass is 10.0. The van der Waals surface area contributed by atoms with Crippen LogP contribution in [0.1, 0.15) is 26.3 Å². The van der Waals surface area contributed by atoms with Gasteiger partial charge in [-0.05, 0) is 38.8 Å². The van der Waals surface area contributed by atoms with Gasteiger partial charge in [-0.3, -0.25) is 4.90 Å². The van der Waals surface area contributed by atoms with E-state index in [2.05, 4.69) is 42.7 Å². The molecule has 1 aromatic carbocycles. The quantitative estimate of drug-likeness (QED) is 0.847. The van der Waals surface area contributed by atoms with Crippen LogP contribution < -0.4 is 5.73 Å². The Morgan fingerprint density at radius 3 is 2.26 bits per heavy atom. The summed E-state index contributed by atoms with van der Waals surface area (Å²) >= 11 is 0. The van der Waals surface area contributed by atoms with Gasteiger partial charge in [-0.2, -0.15) is 0 Å². The number of rotatable bonds is 3. The molecule has 1 aliphatic rings. The fraction of sp³-hybridized carbons (Fsp3) is 0.625. The van der Waals surface area contributed by atoms with E-state index >= 15 is 0 Å². The molecule has 0 spiro atoms. The maximum Gasteiger partial charge on any atom is 0.0347 e. The van der Waals surface area contributed by atoms with Gasteiger partial charge in [0.05, 0.1) is 0 Å². The highest BCUT2D eigenvalue weighted by Crippen LogP contribution is 2.17. The zero-order chi connectivity index (χ0) is 13.9. The Kier molecular flexibility index (Phi) is 4.48. The molecule has 3 nitrogen and oxygen atoms in total. The lowest BCUT2D eigenvalue weighted by Crippen LogP contribution is -2.53. The summed E-state index contributed by atoms with van der Waals surface area (Å²) in [6, 6.07) is 8.21. The second-order valence-corrected chi connectivity index (χ2v) is 6.45. The van der Waals surface area contributed by atoms with Crippen LogP contribution in [0.4, 0.5) is 5.69 Å². The van der Waals surface area contributed by atoms with Crippen LogP contribution in [0, 0.1) is 0 Å². The topological polar surface area (TPSA) is 32.5 Å². The lowest BCUT2D eigenvalue weighted by molar-refractivity contribution is 0.0629. The molecule has 0 aliphatic carbocycles. The van der Waals surface area contributed by atoms with E-state index < -0.39 is 0 Å². The normalized spacial score (nSPS) is 18.7. The molecule has 0 saturated carbocycles. The maximum absolute atomic E-state index is 5.99. The largest absolute Gasteiger partial charge is 0.399 e. The minimum atomic E-state index is 0.302. The summed E-state index contributed by atoms with van der Waals surface area (Å²) in [6.07, 6.45) is 1.06. The highest BCUT2D eigenvalue weighted by Gasteiger charge is 2.25. The second-order valence-electron chi connectivity index (χ2n) is 6.45. The number of nitrogens with zero attached hydrogens (tertiary/aromatic N) is 2. The Hall–Kier alpha value is -1.06. The predicted octanol–water partition coefficient (Wildman–Crippen LogP) is 2.23. The molecule has 1 saturated heterocycles. The summed E-state index contributed by atoms with van der Waals surface area (Å²) in [6.45, 7) is 12.7. The van der Waals surface area contributed by atoms with E-state index in [9.17, 15) is 0 Å². The lowest BCUT2D eigenvalue weighted by Gasteiger charge is -2.42. The first kappa shape index (κ1) is 14.4. The van der Waals surface area contributed by atoms with Crippen LogP contribution in [0.15, 0.2) is 24.3 Å². The monoisotopic (exact) mass is 261 g/mol. The summed E-state index contributed by atoms with van der Waals surface area (Å²) in [4.78, 5) is 5.12. The second kappa shape index (κ2) is 5.93. The average molecular weight is 261 g/mol. The fourth-order valence-corrected chi connectivity index (χ4v) is 2.68. The molecule has 1 heterocycles. The SMILES string of the molecule is CC(C)(C)N1CCN(CCc2ccccc2N)CC1. The van der Waals surface area contributed by atoms with Crippen molar-refractivity contribution in [2.24, 2.45) is 0 Å². The third-order valence-electron chi connectivity index (χ3n) is 4.07. The third kappa shape index (κ3) is 3.95. The number of benzene rings is 1. The van der Waals surface area contributed by atoms with Gasteiger partial charge in [-0.15, -0.1) is 0 Å². The summed E-state index contributed by atoms with van der Waals surface area (Å²) in [5.74, 6) is 0. The number of hydrogen-bond donors (Lipinski definition) is 1. The van der Waals surface area contributed by atoms with Crippen LogP contribution in [0.5, 0.6) is 0 Å². The number of anilines is 1. The van der Waals surface area contributed by atoms with Gasteiger partial charge in [0.2, 0.25) is 0 Å². The smallest absolute Gasteiger partial charge is 0.0347 e. The maximum atomic E-state index is 5.99. The van der Waals surface area contributed by atoms with E-state index in [0.717, 1.165) is 18.7 Å². The Balaban J connectivity index is 1.79. The molecule has 1 fully saturated rings. The van der Waals surface area contributed by atoms with Gasteiger partial charge in [0.15, 0.2) is 0 Å². The van der Waals surface area contributed by atoms with Crippen LogP contribution >= 0.6 is 0 Å². The van der Waals surface area contributed by atoms with Gasteiger partial charge in [0.25, 0.3) is 0 Å². The Labute approximate surface area is 117 Å². The first-order chi connectivity index (χ1) is 8.97. The number of nitrogen functional groups attached to an aromatic ring is 1. The highest BCUT2D eigenvalue weighted by molar-refractivity contribution is 5.46. The zero-order valence-electron chi connectivity index (χ0n) is 12.5. The van der Waals surface area contributed by atoms with Gasteiger partial charge >= 0.3 is 0 Å². The molecule has 0 bridgehead atoms. The van der Waals surface area contributed by atoms with Crippen LogP contribution in [-0.2, 0) is 6.42 Å². The van der Waals surface area contributed by atoms with Gasteiger partial charge in [-0.1, -0.05) is 18.2 Å². The van der Waals surface area contributed by atoms with Crippen molar-refractivity contribution in [2.45, 2.75) is 32.7 Å². The zero-order valence-corrected chi connectivity index (χ0v) is 12.5. The minimum absolute atomic E-state index is 0.302. The molecule has 0 radical (unpaired) electrons. The molecule has 1 aliphatic heterocycles. The standard InChI is InChI=1S/C16H27N3/c1-16(2,3)19-12-10-18(11-13-19)9-8-14-6-4-5-7-15(14)17/h4-7H,8-13,17H2,1-3H3. The molecule has 106 valence electrons. The van der Waals surface area contributed by atoms with E-state index in [1.54, 1.807) is 0 Å². The molecule has 0 unspecified atom stereocenters. The summed E-state index contributed by atoms with van der Waals surface area (Å²) in [7, 11) is 0. The highest BCUT2D eigenvalue weighted by atomic mass is 15.3. The third-order valence-corrected chi connectivity index (χ3v) is 4.07. The van der Waals surface area contributed by atoms with Crippen molar-refractivity contribution >= 4 is 5.69 Å². The summed E-state index contributed by atoms with van der Waals surface area (Å²) in [5, 5.41) is 0. The van der Waals surface area contributed by atoms with E-state index in [4.69, 9.17) is 5.73 Å². The molecule has 0 aromatic heterocycles. The van der Waals surface area contributed by atoms with Crippen LogP contribution in [0.25, 0.3) is 0 Å². The van der Waals surface area contributed by atoms with Crippen molar-refractivity contribution in [2.75, 3.05) is 38.5 Å². The first-order valence-corrected chi connectivity index (χ1v) is 7.27. The molecule has 3 heteroatoms. The molecule has 2 N–H and O–H groups in total. The van der Waals surface area contributed by atoms with Crippen molar-refractivity contribution in [3.05, 3.63) is 29.8 Å². The van der Waals surface area contributed by atoms with Gasteiger partial charge < -0.3 is 10.6 Å². The molecular weight excluding hydrogens is 234 g/mol. The first-order valence-electron chi connectivity index (χ1n) is 7.27. The molecular formula is C16H27N3. The van der Waals surface area contributed by atoms with Crippen LogP contribution in [-0.4, -0.2) is 48.1 Å². The Bertz CT molecular complexity index is 401. The molecule has 0 amide bonds. The van der Waals surface area contributed by atoms with E-state index in [1.165, 1.54) is 31.7 Å². The Morgan fingerprint density at radius 1 is 1.05 bits per heavy atom. The molecule has 0 atom stereocenters. The van der Waals surface area contributed by atoms with Crippen molar-refractivity contribution in [3.63, 3.8) is 0 Å². The van der Waals surface area contributed by atoms with Crippen molar-refractivity contribution in [1.29, 1.82) is 0 Å². The van der Waals surface area contributed by atoms with E-state index in [1.807, 2.05) is 12.1 Å². The number of para-hydroxylation sites is 1. The van der Waals surface area contributed by atoms with Crippen molar-refractivity contribution in [3.8, 4) is 0 Å². The van der Waals surface area contributed by atoms with Crippen molar-refractivity contribution in [1.82, 2.24) is 9.80 Å². The van der Waals surface area contributed by atoms with Gasteiger partial charge in [0.1, 0.15) is 0 Å². The Morgan fingerprint density at radius 2 is 1.68 bits per heavy atom. The molecule has 1 aromatic rings. The summed E-state index contributed by atoms with van der Waals surface area (Å²) in [5.41, 5.74) is 8.50. The van der Waals surface area contributed by atoms with Crippen molar-refractivity contribution < 1.29 is 0 Å². The fourth-order valence-electron chi connectivity index (χ4n) is 2.68.